The second-order valence-corrected chi connectivity index (χ2v) is 6.33. The van der Waals surface area contributed by atoms with E-state index in [-0.39, 0.29) is 5.38 Å². The molecule has 0 nitrogen and oxygen atoms in total. The third-order valence-electron chi connectivity index (χ3n) is 2.39. The SMILES string of the molecule is CCCC(C)C(Cl)c1cc(Br)c(C)s1. The Morgan fingerprint density at radius 1 is 1.57 bits per heavy atom. The van der Waals surface area contributed by atoms with Crippen molar-refractivity contribution in [1.82, 2.24) is 0 Å². The summed E-state index contributed by atoms with van der Waals surface area (Å²) in [5.74, 6) is 0.562. The van der Waals surface area contributed by atoms with Crippen LogP contribution in [0.15, 0.2) is 10.5 Å². The number of alkyl halides is 1. The summed E-state index contributed by atoms with van der Waals surface area (Å²) in [4.78, 5) is 2.60. The molecule has 0 aliphatic heterocycles. The smallest absolute Gasteiger partial charge is 0.0704 e. The van der Waals surface area contributed by atoms with Crippen LogP contribution >= 0.6 is 38.9 Å². The molecule has 0 radical (unpaired) electrons. The molecule has 14 heavy (non-hydrogen) atoms. The number of thiophene rings is 1. The molecule has 0 bridgehead atoms. The molecule has 3 heteroatoms. The molecule has 0 aliphatic rings. The zero-order chi connectivity index (χ0) is 10.7. The molecule has 2 unspecified atom stereocenters. The summed E-state index contributed by atoms with van der Waals surface area (Å²) in [5, 5.41) is 0.171. The van der Waals surface area contributed by atoms with Crippen LogP contribution in [0.4, 0.5) is 0 Å². The van der Waals surface area contributed by atoms with Crippen molar-refractivity contribution >= 4 is 38.9 Å². The van der Waals surface area contributed by atoms with E-state index in [0.29, 0.717) is 5.92 Å². The molecular weight excluding hydrogens is 280 g/mol. The zero-order valence-corrected chi connectivity index (χ0v) is 12.0. The molecule has 0 spiro atoms. The van der Waals surface area contributed by atoms with Gasteiger partial charge in [-0.1, -0.05) is 20.3 Å². The zero-order valence-electron chi connectivity index (χ0n) is 8.81. The molecule has 80 valence electrons. The van der Waals surface area contributed by atoms with Crippen LogP contribution in [0, 0.1) is 12.8 Å². The van der Waals surface area contributed by atoms with Gasteiger partial charge in [-0.25, -0.2) is 0 Å². The Labute approximate surface area is 104 Å². The van der Waals surface area contributed by atoms with E-state index in [4.69, 9.17) is 11.6 Å². The van der Waals surface area contributed by atoms with Gasteiger partial charge in [-0.2, -0.15) is 0 Å². The average molecular weight is 296 g/mol. The fourth-order valence-corrected chi connectivity index (χ4v) is 3.49. The molecule has 1 heterocycles. The number of hydrogen-bond donors (Lipinski definition) is 0. The maximum atomic E-state index is 6.41. The molecule has 1 aromatic rings. The van der Waals surface area contributed by atoms with Gasteiger partial charge in [-0.05, 0) is 41.3 Å². The van der Waals surface area contributed by atoms with Crippen LogP contribution in [0.1, 0.15) is 41.8 Å². The maximum absolute atomic E-state index is 6.41. The first kappa shape index (κ1) is 12.5. The quantitative estimate of drug-likeness (QED) is 0.640. The lowest BCUT2D eigenvalue weighted by Crippen LogP contribution is -2.01. The lowest BCUT2D eigenvalue weighted by Gasteiger charge is -2.15. The van der Waals surface area contributed by atoms with Gasteiger partial charge in [-0.3, -0.25) is 0 Å². The summed E-state index contributed by atoms with van der Waals surface area (Å²) in [5.41, 5.74) is 0. The first-order chi connectivity index (χ1) is 6.56. The van der Waals surface area contributed by atoms with E-state index in [1.54, 1.807) is 11.3 Å². The van der Waals surface area contributed by atoms with E-state index in [2.05, 4.69) is 42.8 Å². The van der Waals surface area contributed by atoms with Gasteiger partial charge in [0.2, 0.25) is 0 Å². The summed E-state index contributed by atoms with van der Waals surface area (Å²) >= 11 is 11.7. The van der Waals surface area contributed by atoms with Crippen molar-refractivity contribution in [2.45, 2.75) is 39.0 Å². The van der Waals surface area contributed by atoms with Crippen LogP contribution in [0.25, 0.3) is 0 Å². The molecule has 0 aromatic carbocycles. The summed E-state index contributed by atoms with van der Waals surface area (Å²) in [6.07, 6.45) is 2.40. The van der Waals surface area contributed by atoms with E-state index in [1.807, 2.05) is 0 Å². The van der Waals surface area contributed by atoms with Crippen molar-refractivity contribution in [3.63, 3.8) is 0 Å². The van der Waals surface area contributed by atoms with E-state index in [0.717, 1.165) is 0 Å². The van der Waals surface area contributed by atoms with E-state index in [9.17, 15) is 0 Å². The number of hydrogen-bond acceptors (Lipinski definition) is 1. The Kier molecular flexibility index (Phi) is 4.95. The van der Waals surface area contributed by atoms with Gasteiger partial charge >= 0.3 is 0 Å². The minimum absolute atomic E-state index is 0.171. The average Bonchev–Trinajstić information content (AvgIpc) is 2.46. The predicted octanol–water partition coefficient (Wildman–Crippen LogP) is 5.54. The number of aryl methyl sites for hydroxylation is 1. The summed E-state index contributed by atoms with van der Waals surface area (Å²) in [6.45, 7) is 6.55. The fraction of sp³-hybridized carbons (Fsp3) is 0.636. The molecule has 1 rings (SSSR count). The van der Waals surface area contributed by atoms with Crippen LogP contribution in [0.3, 0.4) is 0 Å². The minimum atomic E-state index is 0.171. The molecule has 0 saturated heterocycles. The van der Waals surface area contributed by atoms with Gasteiger partial charge < -0.3 is 0 Å². The molecule has 0 fully saturated rings. The van der Waals surface area contributed by atoms with Gasteiger partial charge in [0.05, 0.1) is 5.38 Å². The van der Waals surface area contributed by atoms with E-state index < -0.39 is 0 Å². The number of rotatable bonds is 4. The van der Waals surface area contributed by atoms with Crippen LogP contribution in [-0.4, -0.2) is 0 Å². The third kappa shape index (κ3) is 2.98. The Morgan fingerprint density at radius 3 is 2.64 bits per heavy atom. The molecule has 2 atom stereocenters. The van der Waals surface area contributed by atoms with Gasteiger partial charge in [0, 0.05) is 14.2 Å². The summed E-state index contributed by atoms with van der Waals surface area (Å²) in [7, 11) is 0. The van der Waals surface area contributed by atoms with Crippen molar-refractivity contribution in [2.24, 2.45) is 5.92 Å². The normalized spacial score (nSPS) is 15.5. The van der Waals surface area contributed by atoms with E-state index in [1.165, 1.54) is 27.1 Å². The minimum Gasteiger partial charge on any atom is -0.143 e. The third-order valence-corrected chi connectivity index (χ3v) is 5.41. The second-order valence-electron chi connectivity index (χ2n) is 3.72. The highest BCUT2D eigenvalue weighted by molar-refractivity contribution is 9.10. The van der Waals surface area contributed by atoms with Gasteiger partial charge in [-0.15, -0.1) is 22.9 Å². The highest BCUT2D eigenvalue weighted by Gasteiger charge is 2.18. The fourth-order valence-electron chi connectivity index (χ4n) is 1.50. The Balaban J connectivity index is 2.73. The van der Waals surface area contributed by atoms with Crippen LogP contribution < -0.4 is 0 Å². The highest BCUT2D eigenvalue weighted by Crippen LogP contribution is 2.38. The Morgan fingerprint density at radius 2 is 2.21 bits per heavy atom. The monoisotopic (exact) mass is 294 g/mol. The van der Waals surface area contributed by atoms with Crippen molar-refractivity contribution in [1.29, 1.82) is 0 Å². The Hall–Kier alpha value is 0.470. The molecule has 0 saturated carbocycles. The largest absolute Gasteiger partial charge is 0.143 e. The topological polar surface area (TPSA) is 0 Å². The second kappa shape index (κ2) is 5.53. The van der Waals surface area contributed by atoms with Crippen LogP contribution in [0.5, 0.6) is 0 Å². The maximum Gasteiger partial charge on any atom is 0.0704 e. The lowest BCUT2D eigenvalue weighted by molar-refractivity contribution is 0.511. The van der Waals surface area contributed by atoms with Gasteiger partial charge in [0.25, 0.3) is 0 Å². The van der Waals surface area contributed by atoms with Crippen LogP contribution in [0.2, 0.25) is 0 Å². The first-order valence-corrected chi connectivity index (χ1v) is 7.00. The standard InChI is InChI=1S/C11H16BrClS/c1-4-5-7(2)11(13)10-6-9(12)8(3)14-10/h6-7,11H,4-5H2,1-3H3. The predicted molar refractivity (Wildman–Crippen MR) is 69.4 cm³/mol. The van der Waals surface area contributed by atoms with Crippen molar-refractivity contribution in [3.05, 3.63) is 20.3 Å². The van der Waals surface area contributed by atoms with Gasteiger partial charge in [0.15, 0.2) is 0 Å². The molecule has 1 aromatic heterocycles. The Bertz CT molecular complexity index is 276. The highest BCUT2D eigenvalue weighted by atomic mass is 79.9. The molecule has 0 N–H and O–H groups in total. The first-order valence-electron chi connectivity index (χ1n) is 4.96. The van der Waals surface area contributed by atoms with Gasteiger partial charge in [0.1, 0.15) is 0 Å². The molecule has 0 amide bonds. The summed E-state index contributed by atoms with van der Waals surface area (Å²) < 4.78 is 1.19. The molecule has 0 aliphatic carbocycles. The van der Waals surface area contributed by atoms with Crippen molar-refractivity contribution < 1.29 is 0 Å². The summed E-state index contributed by atoms with van der Waals surface area (Å²) in [6, 6.07) is 2.16. The lowest BCUT2D eigenvalue weighted by atomic mass is 10.0. The van der Waals surface area contributed by atoms with Crippen molar-refractivity contribution in [3.8, 4) is 0 Å². The van der Waals surface area contributed by atoms with Crippen molar-refractivity contribution in [2.75, 3.05) is 0 Å². The number of halogens is 2. The van der Waals surface area contributed by atoms with E-state index >= 15 is 0 Å². The molecular formula is C11H16BrClS. The van der Waals surface area contributed by atoms with Crippen LogP contribution in [-0.2, 0) is 0 Å².